The second-order valence-electron chi connectivity index (χ2n) is 3.27. The summed E-state index contributed by atoms with van der Waals surface area (Å²) in [4.78, 5) is 0. The Kier molecular flexibility index (Phi) is 2.63. The topological polar surface area (TPSA) is 42.6 Å². The first-order chi connectivity index (χ1) is 7.27. The van der Waals surface area contributed by atoms with Crippen LogP contribution in [0, 0.1) is 6.92 Å². The van der Waals surface area contributed by atoms with Gasteiger partial charge in [-0.15, -0.1) is 0 Å². The monoisotopic (exact) mass is 204 g/mol. The van der Waals surface area contributed by atoms with Gasteiger partial charge in [0.2, 0.25) is 0 Å². The highest BCUT2D eigenvalue weighted by Crippen LogP contribution is 2.26. The summed E-state index contributed by atoms with van der Waals surface area (Å²) in [6.07, 6.45) is 1.61. The number of hydrogen-bond donors (Lipinski definition) is 1. The molecule has 3 nitrogen and oxygen atoms in total. The van der Waals surface area contributed by atoms with E-state index in [1.807, 2.05) is 25.1 Å². The maximum absolute atomic E-state index is 9.45. The first-order valence-electron chi connectivity index (χ1n) is 4.71. The Labute approximate surface area is 87.9 Å². The third kappa shape index (κ3) is 2.13. The Bertz CT molecular complexity index is 432. The third-order valence-corrected chi connectivity index (χ3v) is 2.21. The lowest BCUT2D eigenvalue weighted by molar-refractivity contribution is 0.267. The van der Waals surface area contributed by atoms with Gasteiger partial charge in [-0.3, -0.25) is 0 Å². The van der Waals surface area contributed by atoms with Crippen LogP contribution in [0.15, 0.2) is 41.0 Å². The van der Waals surface area contributed by atoms with Gasteiger partial charge in [0.05, 0.1) is 6.26 Å². The van der Waals surface area contributed by atoms with E-state index in [1.54, 1.807) is 18.4 Å². The van der Waals surface area contributed by atoms with Crippen LogP contribution >= 0.6 is 0 Å². The molecule has 0 spiro atoms. The highest BCUT2D eigenvalue weighted by Gasteiger charge is 2.04. The number of furan rings is 1. The maximum atomic E-state index is 9.45. The van der Waals surface area contributed by atoms with Gasteiger partial charge in [-0.1, -0.05) is 6.07 Å². The van der Waals surface area contributed by atoms with E-state index in [0.717, 1.165) is 11.3 Å². The first kappa shape index (κ1) is 9.65. The molecule has 3 heteroatoms. The molecule has 0 atom stereocenters. The molecule has 1 aromatic carbocycles. The quantitative estimate of drug-likeness (QED) is 0.835. The predicted molar refractivity (Wildman–Crippen MR) is 55.9 cm³/mol. The third-order valence-electron chi connectivity index (χ3n) is 2.21. The smallest absolute Gasteiger partial charge is 0.146 e. The zero-order valence-electron chi connectivity index (χ0n) is 8.43. The van der Waals surface area contributed by atoms with Crippen molar-refractivity contribution >= 4 is 0 Å². The zero-order valence-corrected chi connectivity index (χ0v) is 8.43. The number of hydrogen-bond acceptors (Lipinski definition) is 3. The number of rotatable bonds is 3. The van der Waals surface area contributed by atoms with Crippen molar-refractivity contribution in [2.45, 2.75) is 13.5 Å². The second kappa shape index (κ2) is 4.09. The van der Waals surface area contributed by atoms with E-state index in [4.69, 9.17) is 9.15 Å². The number of phenols is 1. The van der Waals surface area contributed by atoms with Gasteiger partial charge in [0.15, 0.2) is 0 Å². The van der Waals surface area contributed by atoms with Crippen LogP contribution in [0.4, 0.5) is 0 Å². The normalized spacial score (nSPS) is 10.2. The van der Waals surface area contributed by atoms with Gasteiger partial charge in [0.25, 0.3) is 0 Å². The van der Waals surface area contributed by atoms with E-state index in [2.05, 4.69) is 0 Å². The molecular weight excluding hydrogens is 192 g/mol. The van der Waals surface area contributed by atoms with E-state index in [1.165, 1.54) is 0 Å². The molecule has 78 valence electrons. The SMILES string of the molecule is Cc1c(O)cccc1OCc1ccco1. The number of benzene rings is 1. The van der Waals surface area contributed by atoms with Crippen LogP contribution in [0.1, 0.15) is 11.3 Å². The van der Waals surface area contributed by atoms with E-state index < -0.39 is 0 Å². The van der Waals surface area contributed by atoms with E-state index >= 15 is 0 Å². The second-order valence-corrected chi connectivity index (χ2v) is 3.27. The summed E-state index contributed by atoms with van der Waals surface area (Å²) in [6.45, 7) is 2.18. The Morgan fingerprint density at radius 2 is 2.13 bits per heavy atom. The lowest BCUT2D eigenvalue weighted by atomic mass is 10.2. The van der Waals surface area contributed by atoms with Crippen molar-refractivity contribution < 1.29 is 14.3 Å². The largest absolute Gasteiger partial charge is 0.508 e. The Hall–Kier alpha value is -1.90. The Balaban J connectivity index is 2.08. The van der Waals surface area contributed by atoms with Gasteiger partial charge in [-0.25, -0.2) is 0 Å². The minimum Gasteiger partial charge on any atom is -0.508 e. The molecule has 1 N–H and O–H groups in total. The highest BCUT2D eigenvalue weighted by molar-refractivity contribution is 5.42. The van der Waals surface area contributed by atoms with E-state index in [0.29, 0.717) is 12.4 Å². The summed E-state index contributed by atoms with van der Waals surface area (Å²) in [7, 11) is 0. The van der Waals surface area contributed by atoms with Crippen LogP contribution in [0.25, 0.3) is 0 Å². The van der Waals surface area contributed by atoms with Crippen LogP contribution in [0.2, 0.25) is 0 Å². The van der Waals surface area contributed by atoms with Crippen molar-refractivity contribution in [3.05, 3.63) is 47.9 Å². The molecule has 0 amide bonds. The molecule has 0 saturated carbocycles. The molecule has 0 unspecified atom stereocenters. The number of ether oxygens (including phenoxy) is 1. The molecule has 0 saturated heterocycles. The molecular formula is C12H12O3. The van der Waals surface area contributed by atoms with Crippen LogP contribution < -0.4 is 4.74 Å². The lowest BCUT2D eigenvalue weighted by Gasteiger charge is -2.08. The predicted octanol–water partition coefficient (Wildman–Crippen LogP) is 2.87. The van der Waals surface area contributed by atoms with Crippen LogP contribution in [0.5, 0.6) is 11.5 Å². The molecule has 0 bridgehead atoms. The Morgan fingerprint density at radius 3 is 2.87 bits per heavy atom. The van der Waals surface area contributed by atoms with Gasteiger partial charge < -0.3 is 14.3 Å². The summed E-state index contributed by atoms with van der Waals surface area (Å²) in [5.74, 6) is 1.68. The summed E-state index contributed by atoms with van der Waals surface area (Å²) in [5, 5.41) is 9.45. The molecule has 0 aliphatic rings. The van der Waals surface area contributed by atoms with Crippen molar-refractivity contribution in [1.29, 1.82) is 0 Å². The van der Waals surface area contributed by atoms with Crippen LogP contribution in [0.3, 0.4) is 0 Å². The molecule has 2 rings (SSSR count). The summed E-state index contributed by atoms with van der Waals surface area (Å²) < 4.78 is 10.6. The van der Waals surface area contributed by atoms with Crippen LogP contribution in [-0.2, 0) is 6.61 Å². The van der Waals surface area contributed by atoms with Crippen molar-refractivity contribution in [2.75, 3.05) is 0 Å². The number of phenolic OH excluding ortho intramolecular Hbond substituents is 1. The first-order valence-corrected chi connectivity index (χ1v) is 4.71. The van der Waals surface area contributed by atoms with Gasteiger partial charge in [0.1, 0.15) is 23.9 Å². The van der Waals surface area contributed by atoms with Crippen molar-refractivity contribution in [3.63, 3.8) is 0 Å². The van der Waals surface area contributed by atoms with E-state index in [-0.39, 0.29) is 5.75 Å². The summed E-state index contributed by atoms with van der Waals surface area (Å²) in [5.41, 5.74) is 0.740. The minimum atomic E-state index is 0.243. The Morgan fingerprint density at radius 1 is 1.27 bits per heavy atom. The van der Waals surface area contributed by atoms with Crippen LogP contribution in [-0.4, -0.2) is 5.11 Å². The average Bonchev–Trinajstić information content (AvgIpc) is 2.73. The van der Waals surface area contributed by atoms with Crippen molar-refractivity contribution in [2.24, 2.45) is 0 Å². The van der Waals surface area contributed by atoms with E-state index in [9.17, 15) is 5.11 Å². The molecule has 0 aliphatic carbocycles. The molecule has 15 heavy (non-hydrogen) atoms. The molecule has 2 aromatic rings. The van der Waals surface area contributed by atoms with Gasteiger partial charge in [-0.2, -0.15) is 0 Å². The zero-order chi connectivity index (χ0) is 10.7. The lowest BCUT2D eigenvalue weighted by Crippen LogP contribution is -1.95. The number of aromatic hydroxyl groups is 1. The van der Waals surface area contributed by atoms with Gasteiger partial charge in [-0.05, 0) is 31.2 Å². The maximum Gasteiger partial charge on any atom is 0.146 e. The summed E-state index contributed by atoms with van der Waals surface area (Å²) >= 11 is 0. The standard InChI is InChI=1S/C12H12O3/c1-9-11(13)5-2-6-12(9)15-8-10-4-3-7-14-10/h2-7,13H,8H2,1H3. The van der Waals surface area contributed by atoms with Crippen molar-refractivity contribution in [1.82, 2.24) is 0 Å². The average molecular weight is 204 g/mol. The fraction of sp³-hybridized carbons (Fsp3) is 0.167. The molecule has 1 heterocycles. The highest BCUT2D eigenvalue weighted by atomic mass is 16.5. The van der Waals surface area contributed by atoms with Crippen molar-refractivity contribution in [3.8, 4) is 11.5 Å². The minimum absolute atomic E-state index is 0.243. The fourth-order valence-electron chi connectivity index (χ4n) is 1.30. The molecule has 0 fully saturated rings. The fourth-order valence-corrected chi connectivity index (χ4v) is 1.30. The van der Waals surface area contributed by atoms with Gasteiger partial charge in [0, 0.05) is 5.56 Å². The molecule has 0 radical (unpaired) electrons. The van der Waals surface area contributed by atoms with Gasteiger partial charge >= 0.3 is 0 Å². The molecule has 0 aliphatic heterocycles. The molecule has 1 aromatic heterocycles. The summed E-state index contributed by atoms with van der Waals surface area (Å²) in [6, 6.07) is 8.86.